The van der Waals surface area contributed by atoms with Gasteiger partial charge in [-0.05, 0) is 56.0 Å². The highest BCUT2D eigenvalue weighted by atomic mass is 16.6. The molecule has 0 heterocycles. The standard InChI is InChI=1S/C29H33NO5/c1-21-17-24(15-16-26(21)33-19-22-11-7-5-8-12-22)18-25(30-28(32)35-29(2,3)4)27(31)34-20-23-13-9-6-10-14-23/h5-17,25H,18-20H2,1-4H3,(H,30,32). The van der Waals surface area contributed by atoms with Crippen LogP contribution in [0.15, 0.2) is 78.9 Å². The Bertz CT molecular complexity index is 1110. The van der Waals surface area contributed by atoms with Crippen molar-refractivity contribution in [2.45, 2.75) is 59.0 Å². The Hall–Kier alpha value is -3.80. The van der Waals surface area contributed by atoms with E-state index < -0.39 is 23.7 Å². The zero-order chi connectivity index (χ0) is 25.3. The van der Waals surface area contributed by atoms with Gasteiger partial charge in [0.25, 0.3) is 0 Å². The van der Waals surface area contributed by atoms with Gasteiger partial charge < -0.3 is 19.5 Å². The van der Waals surface area contributed by atoms with E-state index in [1.807, 2.05) is 85.8 Å². The Morgan fingerprint density at radius 2 is 1.43 bits per heavy atom. The molecular formula is C29H33NO5. The molecule has 0 radical (unpaired) electrons. The molecule has 0 aliphatic heterocycles. The summed E-state index contributed by atoms with van der Waals surface area (Å²) < 4.78 is 16.8. The molecule has 0 aliphatic carbocycles. The highest BCUT2D eigenvalue weighted by Crippen LogP contribution is 2.22. The Morgan fingerprint density at radius 3 is 2.00 bits per heavy atom. The van der Waals surface area contributed by atoms with Crippen molar-refractivity contribution in [2.75, 3.05) is 0 Å². The van der Waals surface area contributed by atoms with Gasteiger partial charge in [0, 0.05) is 6.42 Å². The number of nitrogens with one attached hydrogen (secondary N) is 1. The fourth-order valence-electron chi connectivity index (χ4n) is 3.44. The molecule has 1 N–H and O–H groups in total. The van der Waals surface area contributed by atoms with E-state index in [0.717, 1.165) is 28.0 Å². The van der Waals surface area contributed by atoms with Crippen LogP contribution >= 0.6 is 0 Å². The van der Waals surface area contributed by atoms with Crippen LogP contribution in [0.3, 0.4) is 0 Å². The Kier molecular flexibility index (Phi) is 8.90. The maximum Gasteiger partial charge on any atom is 0.408 e. The first kappa shape index (κ1) is 25.8. The normalized spacial score (nSPS) is 11.9. The molecule has 1 atom stereocenters. The average Bonchev–Trinajstić information content (AvgIpc) is 2.82. The second-order valence-electron chi connectivity index (χ2n) is 9.37. The van der Waals surface area contributed by atoms with Crippen molar-refractivity contribution in [3.63, 3.8) is 0 Å². The van der Waals surface area contributed by atoms with Gasteiger partial charge in [0.15, 0.2) is 0 Å². The number of hydrogen-bond donors (Lipinski definition) is 1. The summed E-state index contributed by atoms with van der Waals surface area (Å²) in [6.07, 6.45) is -0.411. The molecular weight excluding hydrogens is 442 g/mol. The molecule has 3 aromatic rings. The number of carbonyl (C=O) groups is 2. The maximum absolute atomic E-state index is 12.9. The van der Waals surface area contributed by atoms with Crippen LogP contribution < -0.4 is 10.1 Å². The quantitative estimate of drug-likeness (QED) is 0.399. The number of rotatable bonds is 9. The molecule has 6 nitrogen and oxygen atoms in total. The molecule has 0 saturated carbocycles. The summed E-state index contributed by atoms with van der Waals surface area (Å²) in [5, 5.41) is 2.67. The van der Waals surface area contributed by atoms with Crippen LogP contribution in [0.4, 0.5) is 4.79 Å². The van der Waals surface area contributed by atoms with Gasteiger partial charge >= 0.3 is 12.1 Å². The van der Waals surface area contributed by atoms with E-state index in [2.05, 4.69) is 5.32 Å². The zero-order valence-corrected chi connectivity index (χ0v) is 20.7. The predicted octanol–water partition coefficient (Wildman–Crippen LogP) is 5.75. The Balaban J connectivity index is 1.68. The van der Waals surface area contributed by atoms with Gasteiger partial charge in [-0.2, -0.15) is 0 Å². The third-order valence-corrected chi connectivity index (χ3v) is 5.12. The second kappa shape index (κ2) is 12.1. The molecule has 3 aromatic carbocycles. The molecule has 0 aliphatic rings. The zero-order valence-electron chi connectivity index (χ0n) is 20.7. The third-order valence-electron chi connectivity index (χ3n) is 5.12. The Morgan fingerprint density at radius 1 is 0.829 bits per heavy atom. The molecule has 184 valence electrons. The maximum atomic E-state index is 12.9. The van der Waals surface area contributed by atoms with Crippen LogP contribution in [-0.2, 0) is 33.9 Å². The largest absolute Gasteiger partial charge is 0.489 e. The summed E-state index contributed by atoms with van der Waals surface area (Å²) in [5.74, 6) is 0.239. The predicted molar refractivity (Wildman–Crippen MR) is 135 cm³/mol. The van der Waals surface area contributed by atoms with Crippen LogP contribution in [0, 0.1) is 6.92 Å². The molecule has 0 aromatic heterocycles. The van der Waals surface area contributed by atoms with E-state index in [4.69, 9.17) is 14.2 Å². The SMILES string of the molecule is Cc1cc(CC(NC(=O)OC(C)(C)C)C(=O)OCc2ccccc2)ccc1OCc1ccccc1. The summed E-state index contributed by atoms with van der Waals surface area (Å²) in [6, 6.07) is 24.2. The van der Waals surface area contributed by atoms with Crippen molar-refractivity contribution in [3.05, 3.63) is 101 Å². The number of alkyl carbamates (subject to hydrolysis) is 1. The number of hydrogen-bond acceptors (Lipinski definition) is 5. The number of esters is 1. The molecule has 1 amide bonds. The first-order valence-corrected chi connectivity index (χ1v) is 11.7. The number of benzene rings is 3. The molecule has 0 spiro atoms. The van der Waals surface area contributed by atoms with Gasteiger partial charge in [-0.3, -0.25) is 0 Å². The third kappa shape index (κ3) is 8.81. The average molecular weight is 476 g/mol. The van der Waals surface area contributed by atoms with Gasteiger partial charge in [0.2, 0.25) is 0 Å². The summed E-state index contributed by atoms with van der Waals surface area (Å²) in [5.41, 5.74) is 3.07. The molecule has 0 fully saturated rings. The van der Waals surface area contributed by atoms with Crippen molar-refractivity contribution < 1.29 is 23.8 Å². The van der Waals surface area contributed by atoms with Gasteiger partial charge in [-0.15, -0.1) is 0 Å². The molecule has 1 unspecified atom stereocenters. The minimum atomic E-state index is -0.899. The minimum absolute atomic E-state index is 0.122. The van der Waals surface area contributed by atoms with E-state index in [1.165, 1.54) is 0 Å². The van der Waals surface area contributed by atoms with E-state index in [9.17, 15) is 9.59 Å². The highest BCUT2D eigenvalue weighted by Gasteiger charge is 2.26. The summed E-state index contributed by atoms with van der Waals surface area (Å²) in [6.45, 7) is 7.85. The van der Waals surface area contributed by atoms with Gasteiger partial charge in [-0.25, -0.2) is 9.59 Å². The molecule has 0 bridgehead atoms. The van der Waals surface area contributed by atoms with Crippen molar-refractivity contribution in [1.29, 1.82) is 0 Å². The van der Waals surface area contributed by atoms with Crippen molar-refractivity contribution in [2.24, 2.45) is 0 Å². The lowest BCUT2D eigenvalue weighted by Gasteiger charge is -2.23. The lowest BCUT2D eigenvalue weighted by molar-refractivity contribution is -0.147. The topological polar surface area (TPSA) is 73.9 Å². The van der Waals surface area contributed by atoms with Crippen molar-refractivity contribution in [3.8, 4) is 5.75 Å². The first-order valence-electron chi connectivity index (χ1n) is 11.7. The lowest BCUT2D eigenvalue weighted by atomic mass is 10.0. The van der Waals surface area contributed by atoms with Crippen LogP contribution in [0.1, 0.15) is 43.0 Å². The second-order valence-corrected chi connectivity index (χ2v) is 9.37. The van der Waals surface area contributed by atoms with Crippen LogP contribution in [0.25, 0.3) is 0 Å². The van der Waals surface area contributed by atoms with Gasteiger partial charge in [0.1, 0.15) is 30.6 Å². The summed E-state index contributed by atoms with van der Waals surface area (Å²) in [7, 11) is 0. The molecule has 35 heavy (non-hydrogen) atoms. The Labute approximate surface area is 207 Å². The smallest absolute Gasteiger partial charge is 0.408 e. The number of ether oxygens (including phenoxy) is 3. The van der Waals surface area contributed by atoms with Crippen LogP contribution in [0.5, 0.6) is 5.75 Å². The molecule has 0 saturated heterocycles. The monoisotopic (exact) mass is 475 g/mol. The number of carbonyl (C=O) groups excluding carboxylic acids is 2. The van der Waals surface area contributed by atoms with Crippen molar-refractivity contribution in [1.82, 2.24) is 5.32 Å². The van der Waals surface area contributed by atoms with E-state index >= 15 is 0 Å². The molecule has 6 heteroatoms. The van der Waals surface area contributed by atoms with Gasteiger partial charge in [0.05, 0.1) is 0 Å². The van der Waals surface area contributed by atoms with Crippen LogP contribution in [-0.4, -0.2) is 23.7 Å². The highest BCUT2D eigenvalue weighted by molar-refractivity contribution is 5.81. The van der Waals surface area contributed by atoms with E-state index in [1.54, 1.807) is 20.8 Å². The number of amides is 1. The first-order chi connectivity index (χ1) is 16.7. The fraction of sp³-hybridized carbons (Fsp3) is 0.310. The van der Waals surface area contributed by atoms with Crippen molar-refractivity contribution >= 4 is 12.1 Å². The molecule has 3 rings (SSSR count). The van der Waals surface area contributed by atoms with Gasteiger partial charge in [-0.1, -0.05) is 72.8 Å². The van der Waals surface area contributed by atoms with E-state index in [-0.39, 0.29) is 13.0 Å². The lowest BCUT2D eigenvalue weighted by Crippen LogP contribution is -2.45. The number of aryl methyl sites for hydroxylation is 1. The van der Waals surface area contributed by atoms with E-state index in [0.29, 0.717) is 6.61 Å². The summed E-state index contributed by atoms with van der Waals surface area (Å²) in [4.78, 5) is 25.3. The minimum Gasteiger partial charge on any atom is -0.489 e. The fourth-order valence-corrected chi connectivity index (χ4v) is 3.44. The summed E-state index contributed by atoms with van der Waals surface area (Å²) >= 11 is 0. The van der Waals surface area contributed by atoms with Crippen LogP contribution in [0.2, 0.25) is 0 Å².